The lowest BCUT2D eigenvalue weighted by Crippen LogP contribution is -2.17. The fourth-order valence-corrected chi connectivity index (χ4v) is 3.17. The first kappa shape index (κ1) is 20.2. The van der Waals surface area contributed by atoms with Gasteiger partial charge in [0.1, 0.15) is 24.2 Å². The number of rotatable bonds is 6. The second-order valence-electron chi connectivity index (χ2n) is 5.73. The number of hydrogen-bond acceptors (Lipinski definition) is 4. The maximum atomic E-state index is 14.6. The van der Waals surface area contributed by atoms with E-state index in [-0.39, 0.29) is 23.1 Å². The molecule has 0 fully saturated rings. The van der Waals surface area contributed by atoms with Crippen LogP contribution in [0.2, 0.25) is 5.02 Å². The van der Waals surface area contributed by atoms with Crippen molar-refractivity contribution >= 4 is 29.2 Å². The number of carbonyl (C=O) groups excluding carboxylic acids is 1. The maximum Gasteiger partial charge on any atom is 0.313 e. The summed E-state index contributed by atoms with van der Waals surface area (Å²) in [5, 5.41) is 13.6. The minimum atomic E-state index is -0.649. The van der Waals surface area contributed by atoms with Crippen LogP contribution >= 0.6 is 23.2 Å². The Morgan fingerprint density at radius 2 is 2.19 bits per heavy atom. The van der Waals surface area contributed by atoms with Crippen molar-refractivity contribution in [3.05, 3.63) is 39.8 Å². The van der Waals surface area contributed by atoms with E-state index < -0.39 is 17.7 Å². The molecule has 0 aliphatic carbocycles. The van der Waals surface area contributed by atoms with Crippen molar-refractivity contribution in [2.75, 3.05) is 12.5 Å². The van der Waals surface area contributed by atoms with Crippen molar-refractivity contribution in [2.24, 2.45) is 7.05 Å². The maximum absolute atomic E-state index is 14.6. The van der Waals surface area contributed by atoms with E-state index in [2.05, 4.69) is 5.10 Å². The highest BCUT2D eigenvalue weighted by atomic mass is 35.5. The normalized spacial score (nSPS) is 11.9. The van der Waals surface area contributed by atoms with Gasteiger partial charge in [0.2, 0.25) is 0 Å². The number of halogens is 3. The van der Waals surface area contributed by atoms with Gasteiger partial charge in [0.05, 0.1) is 17.5 Å². The molecule has 1 unspecified atom stereocenters. The van der Waals surface area contributed by atoms with Crippen LogP contribution in [0, 0.1) is 24.1 Å². The molecule has 0 N–H and O–H groups in total. The number of hydrogen-bond donors (Lipinski definition) is 0. The molecule has 1 aromatic carbocycles. The minimum Gasteiger partial charge on any atom is -0.464 e. The van der Waals surface area contributed by atoms with E-state index in [1.807, 2.05) is 13.0 Å². The number of nitriles is 1. The zero-order chi connectivity index (χ0) is 19.4. The Morgan fingerprint density at radius 3 is 2.73 bits per heavy atom. The van der Waals surface area contributed by atoms with Gasteiger partial charge < -0.3 is 4.74 Å². The third-order valence-electron chi connectivity index (χ3n) is 4.12. The average Bonchev–Trinajstić information content (AvgIpc) is 2.89. The summed E-state index contributed by atoms with van der Waals surface area (Å²) in [4.78, 5) is 12.3. The summed E-state index contributed by atoms with van der Waals surface area (Å²) in [6.45, 7) is 3.60. The summed E-state index contributed by atoms with van der Waals surface area (Å²) in [5.41, 5.74) is 1.86. The molecule has 1 heterocycles. The van der Waals surface area contributed by atoms with Gasteiger partial charge in [0.15, 0.2) is 0 Å². The lowest BCUT2D eigenvalue weighted by molar-refractivity contribution is -0.144. The monoisotopic (exact) mass is 397 g/mol. The number of ether oxygens (including phenoxy) is 1. The molecule has 0 radical (unpaired) electrons. The number of aromatic nitrogens is 2. The van der Waals surface area contributed by atoms with E-state index in [1.165, 1.54) is 10.7 Å². The van der Waals surface area contributed by atoms with Gasteiger partial charge in [-0.3, -0.25) is 9.48 Å². The number of carbonyl (C=O) groups is 1. The van der Waals surface area contributed by atoms with E-state index in [4.69, 9.17) is 27.9 Å². The Bertz CT molecular complexity index is 874. The fraction of sp³-hybridized carbons (Fsp3) is 0.389. The third-order valence-corrected chi connectivity index (χ3v) is 4.60. The predicted octanol–water partition coefficient (Wildman–Crippen LogP) is 4.34. The van der Waals surface area contributed by atoms with Gasteiger partial charge in [-0.25, -0.2) is 4.39 Å². The third kappa shape index (κ3) is 3.84. The van der Waals surface area contributed by atoms with E-state index in [0.717, 1.165) is 6.07 Å². The number of aryl methyl sites for hydroxylation is 1. The van der Waals surface area contributed by atoms with Crippen LogP contribution in [0.1, 0.15) is 36.1 Å². The van der Waals surface area contributed by atoms with Crippen LogP contribution < -0.4 is 0 Å². The highest BCUT2D eigenvalue weighted by molar-refractivity contribution is 6.31. The smallest absolute Gasteiger partial charge is 0.313 e. The standard InChI is InChI=1S/C18H18Cl2FN3O2/c1-4-11(18(25)26-6-5-19)12-7-13(15(21)8-14(12)20)17-10(2)16(9-22)24(3)23-17/h7-8,11H,4-6H2,1-3H3. The molecule has 0 amide bonds. The van der Waals surface area contributed by atoms with Crippen molar-refractivity contribution in [1.82, 2.24) is 9.78 Å². The molecule has 0 saturated carbocycles. The SMILES string of the molecule is CCC(C(=O)OCCCl)c1cc(-c2nn(C)c(C#N)c2C)c(F)cc1Cl. The quantitative estimate of drug-likeness (QED) is 0.537. The molecule has 5 nitrogen and oxygen atoms in total. The predicted molar refractivity (Wildman–Crippen MR) is 97.8 cm³/mol. The van der Waals surface area contributed by atoms with Crippen molar-refractivity contribution in [1.29, 1.82) is 5.26 Å². The highest BCUT2D eigenvalue weighted by Gasteiger charge is 2.26. The highest BCUT2D eigenvalue weighted by Crippen LogP contribution is 2.35. The first-order valence-corrected chi connectivity index (χ1v) is 8.92. The molecule has 0 aliphatic rings. The average molecular weight is 398 g/mol. The van der Waals surface area contributed by atoms with Gasteiger partial charge in [-0.1, -0.05) is 18.5 Å². The van der Waals surface area contributed by atoms with Crippen molar-refractivity contribution in [3.63, 3.8) is 0 Å². The Morgan fingerprint density at radius 1 is 1.50 bits per heavy atom. The van der Waals surface area contributed by atoms with Crippen LogP contribution in [0.15, 0.2) is 12.1 Å². The largest absolute Gasteiger partial charge is 0.464 e. The molecule has 1 aromatic heterocycles. The molecule has 0 saturated heterocycles. The van der Waals surface area contributed by atoms with Crippen LogP contribution in [0.5, 0.6) is 0 Å². The number of nitrogens with zero attached hydrogens (tertiary/aromatic N) is 3. The molecule has 26 heavy (non-hydrogen) atoms. The van der Waals surface area contributed by atoms with Gasteiger partial charge in [0, 0.05) is 23.2 Å². The lowest BCUT2D eigenvalue weighted by atomic mass is 9.93. The zero-order valence-corrected chi connectivity index (χ0v) is 16.2. The Kier molecular flexibility index (Phi) is 6.63. The molecule has 138 valence electrons. The summed E-state index contributed by atoms with van der Waals surface area (Å²) in [7, 11) is 1.61. The first-order chi connectivity index (χ1) is 12.3. The molecule has 1 atom stereocenters. The summed E-state index contributed by atoms with van der Waals surface area (Å²) in [5.74, 6) is -1.50. The molecule has 0 bridgehead atoms. The topological polar surface area (TPSA) is 67.9 Å². The Labute approximate surface area is 161 Å². The molecular weight excluding hydrogens is 380 g/mol. The van der Waals surface area contributed by atoms with Crippen molar-refractivity contribution < 1.29 is 13.9 Å². The van der Waals surface area contributed by atoms with Crippen LogP contribution in [0.3, 0.4) is 0 Å². The number of benzene rings is 1. The molecule has 2 rings (SSSR count). The second-order valence-corrected chi connectivity index (χ2v) is 6.51. The molecular formula is C18H18Cl2FN3O2. The molecule has 0 spiro atoms. The minimum absolute atomic E-state index is 0.0907. The first-order valence-electron chi connectivity index (χ1n) is 8.01. The van der Waals surface area contributed by atoms with Crippen LogP contribution in [0.25, 0.3) is 11.3 Å². The van der Waals surface area contributed by atoms with Gasteiger partial charge in [-0.2, -0.15) is 10.4 Å². The van der Waals surface area contributed by atoms with Crippen molar-refractivity contribution in [2.45, 2.75) is 26.2 Å². The van der Waals surface area contributed by atoms with Crippen LogP contribution in [-0.4, -0.2) is 28.2 Å². The van der Waals surface area contributed by atoms with Crippen LogP contribution in [-0.2, 0) is 16.6 Å². The fourth-order valence-electron chi connectivity index (χ4n) is 2.81. The summed E-state index contributed by atoms with van der Waals surface area (Å²) in [6, 6.07) is 4.70. The van der Waals surface area contributed by atoms with E-state index in [9.17, 15) is 14.4 Å². The van der Waals surface area contributed by atoms with Gasteiger partial charge in [0.25, 0.3) is 0 Å². The van der Waals surface area contributed by atoms with Crippen molar-refractivity contribution in [3.8, 4) is 17.3 Å². The van der Waals surface area contributed by atoms with E-state index >= 15 is 0 Å². The molecule has 8 heteroatoms. The number of alkyl halides is 1. The molecule has 0 aliphatic heterocycles. The number of esters is 1. The summed E-state index contributed by atoms with van der Waals surface area (Å²) in [6.07, 6.45) is 0.427. The summed E-state index contributed by atoms with van der Waals surface area (Å²) >= 11 is 11.7. The van der Waals surface area contributed by atoms with E-state index in [1.54, 1.807) is 14.0 Å². The molecule has 2 aromatic rings. The van der Waals surface area contributed by atoms with E-state index in [0.29, 0.717) is 28.9 Å². The second kappa shape index (κ2) is 8.52. The zero-order valence-electron chi connectivity index (χ0n) is 14.6. The van der Waals surface area contributed by atoms with Crippen LogP contribution in [0.4, 0.5) is 4.39 Å². The summed E-state index contributed by atoms with van der Waals surface area (Å²) < 4.78 is 21.1. The van der Waals surface area contributed by atoms with Gasteiger partial charge in [-0.15, -0.1) is 11.6 Å². The Hall–Kier alpha value is -2.10. The van der Waals surface area contributed by atoms with Gasteiger partial charge in [-0.05, 0) is 31.0 Å². The lowest BCUT2D eigenvalue weighted by Gasteiger charge is -2.17. The van der Waals surface area contributed by atoms with Gasteiger partial charge >= 0.3 is 5.97 Å². The Balaban J connectivity index is 2.56.